The number of hydrogen-bond acceptors (Lipinski definition) is 5. The minimum Gasteiger partial charge on any atom is -0.358 e. The smallest absolute Gasteiger partial charge is 0.358 e. The molecule has 0 amide bonds. The van der Waals surface area contributed by atoms with E-state index in [-0.39, 0.29) is 16.8 Å². The van der Waals surface area contributed by atoms with Gasteiger partial charge in [-0.2, -0.15) is 0 Å². The van der Waals surface area contributed by atoms with Gasteiger partial charge in [-0.1, -0.05) is 6.42 Å². The van der Waals surface area contributed by atoms with E-state index in [2.05, 4.69) is 29.0 Å². The second kappa shape index (κ2) is 6.43. The van der Waals surface area contributed by atoms with Crippen LogP contribution < -0.4 is 10.2 Å². The van der Waals surface area contributed by atoms with Gasteiger partial charge in [0.15, 0.2) is 0 Å². The second-order valence-corrected chi connectivity index (χ2v) is 6.02. The summed E-state index contributed by atoms with van der Waals surface area (Å²) >= 11 is 0. The van der Waals surface area contributed by atoms with Crippen LogP contribution in [0.15, 0.2) is 0 Å². The molecule has 1 aromatic heterocycles. The van der Waals surface area contributed by atoms with Crippen LogP contribution in [0.25, 0.3) is 0 Å². The Labute approximate surface area is 125 Å². The lowest BCUT2D eigenvalue weighted by molar-refractivity contribution is -0.388. The first kappa shape index (κ1) is 15.8. The summed E-state index contributed by atoms with van der Waals surface area (Å²) < 4.78 is 1.82. The van der Waals surface area contributed by atoms with E-state index in [9.17, 15) is 10.1 Å². The zero-order chi connectivity index (χ0) is 15.6. The van der Waals surface area contributed by atoms with E-state index in [0.29, 0.717) is 17.7 Å². The highest BCUT2D eigenvalue weighted by atomic mass is 16.6. The average Bonchev–Trinajstić information content (AvgIpc) is 2.73. The Morgan fingerprint density at radius 1 is 1.52 bits per heavy atom. The largest absolute Gasteiger partial charge is 0.406 e. The monoisotopic (exact) mass is 295 g/mol. The van der Waals surface area contributed by atoms with Crippen molar-refractivity contribution in [2.45, 2.75) is 52.1 Å². The molecule has 0 saturated carbocycles. The molecule has 7 nitrogen and oxygen atoms in total. The quantitative estimate of drug-likeness (QED) is 0.664. The molecule has 1 fully saturated rings. The second-order valence-electron chi connectivity index (χ2n) is 6.02. The van der Waals surface area contributed by atoms with Crippen LogP contribution in [-0.2, 0) is 7.05 Å². The van der Waals surface area contributed by atoms with E-state index >= 15 is 0 Å². The normalized spacial score (nSPS) is 19.0. The Morgan fingerprint density at radius 2 is 2.24 bits per heavy atom. The molecule has 0 aliphatic carbocycles. The Bertz CT molecular complexity index is 506. The lowest BCUT2D eigenvalue weighted by Crippen LogP contribution is -2.46. The van der Waals surface area contributed by atoms with Gasteiger partial charge in [0.05, 0.1) is 0 Å². The van der Waals surface area contributed by atoms with E-state index in [0.717, 1.165) is 19.5 Å². The van der Waals surface area contributed by atoms with Crippen LogP contribution in [0.2, 0.25) is 0 Å². The molecular formula is C14H25N5O2. The van der Waals surface area contributed by atoms with Crippen LogP contribution in [0.5, 0.6) is 0 Å². The first-order valence-electron chi connectivity index (χ1n) is 7.59. The van der Waals surface area contributed by atoms with Gasteiger partial charge in [-0.05, 0) is 43.1 Å². The Kier molecular flexibility index (Phi) is 4.82. The minimum absolute atomic E-state index is 0.0421. The van der Waals surface area contributed by atoms with Crippen molar-refractivity contribution in [1.82, 2.24) is 14.9 Å². The lowest BCUT2D eigenvalue weighted by Gasteiger charge is -2.34. The summed E-state index contributed by atoms with van der Waals surface area (Å²) in [5.74, 6) is 1.23. The number of piperidine rings is 1. The molecule has 1 saturated heterocycles. The maximum atomic E-state index is 11.3. The molecule has 1 aliphatic heterocycles. The van der Waals surface area contributed by atoms with Gasteiger partial charge < -0.3 is 20.3 Å². The van der Waals surface area contributed by atoms with Crippen molar-refractivity contribution in [2.75, 3.05) is 18.0 Å². The number of rotatable bonds is 5. The van der Waals surface area contributed by atoms with E-state index < -0.39 is 0 Å². The fourth-order valence-electron chi connectivity index (χ4n) is 2.88. The molecule has 21 heavy (non-hydrogen) atoms. The maximum Gasteiger partial charge on any atom is 0.406 e. The van der Waals surface area contributed by atoms with Crippen LogP contribution >= 0.6 is 0 Å². The van der Waals surface area contributed by atoms with Gasteiger partial charge in [-0.25, -0.2) is 0 Å². The van der Waals surface area contributed by atoms with Crippen LogP contribution in [0.1, 0.15) is 38.9 Å². The van der Waals surface area contributed by atoms with Gasteiger partial charge in [-0.3, -0.25) is 4.57 Å². The van der Waals surface area contributed by atoms with Crippen molar-refractivity contribution >= 4 is 11.6 Å². The molecule has 2 heterocycles. The summed E-state index contributed by atoms with van der Waals surface area (Å²) in [7, 11) is 1.84. The Balaban J connectivity index is 2.31. The van der Waals surface area contributed by atoms with E-state index in [4.69, 9.17) is 0 Å². The summed E-state index contributed by atoms with van der Waals surface area (Å²) in [6.45, 7) is 7.73. The minimum atomic E-state index is -0.383. The third kappa shape index (κ3) is 3.34. The van der Waals surface area contributed by atoms with Crippen LogP contribution in [0.3, 0.4) is 0 Å². The Hall–Kier alpha value is -1.63. The molecule has 0 aromatic carbocycles. The number of hydrogen-bond donors (Lipinski definition) is 1. The predicted octanol–water partition coefficient (Wildman–Crippen LogP) is 1.99. The van der Waals surface area contributed by atoms with Gasteiger partial charge in [-0.15, -0.1) is 0 Å². The standard InChI is InChI=1S/C14H25N5O2/c1-10(2)18(9-12-7-5-6-8-15-12)14-13(19(20)21)16-11(3)17(14)4/h10,12,15H,5-9H2,1-4H3. The van der Waals surface area contributed by atoms with Gasteiger partial charge >= 0.3 is 5.82 Å². The lowest BCUT2D eigenvalue weighted by atomic mass is 10.0. The Morgan fingerprint density at radius 3 is 2.76 bits per heavy atom. The molecule has 1 aliphatic rings. The third-order valence-corrected chi connectivity index (χ3v) is 4.17. The molecule has 0 spiro atoms. The highest BCUT2D eigenvalue weighted by Crippen LogP contribution is 2.30. The van der Waals surface area contributed by atoms with E-state index in [1.165, 1.54) is 12.8 Å². The summed E-state index contributed by atoms with van der Waals surface area (Å²) in [5, 5.41) is 14.8. The zero-order valence-corrected chi connectivity index (χ0v) is 13.3. The third-order valence-electron chi connectivity index (χ3n) is 4.17. The van der Waals surface area contributed by atoms with Crippen molar-refractivity contribution < 1.29 is 4.92 Å². The highest BCUT2D eigenvalue weighted by molar-refractivity contribution is 5.56. The predicted molar refractivity (Wildman–Crippen MR) is 82.7 cm³/mol. The molecule has 1 N–H and O–H groups in total. The number of aromatic nitrogens is 2. The van der Waals surface area contributed by atoms with E-state index in [1.807, 2.05) is 11.6 Å². The average molecular weight is 295 g/mol. The highest BCUT2D eigenvalue weighted by Gasteiger charge is 2.31. The first-order chi connectivity index (χ1) is 9.91. The summed E-state index contributed by atoms with van der Waals surface area (Å²) in [4.78, 5) is 17.1. The number of anilines is 1. The SMILES string of the molecule is Cc1nc([N+](=O)[O-])c(N(CC2CCCCN2)C(C)C)n1C. The number of nitrogens with zero attached hydrogens (tertiary/aromatic N) is 4. The maximum absolute atomic E-state index is 11.3. The van der Waals surface area contributed by atoms with Gasteiger partial charge in [0.2, 0.25) is 11.6 Å². The molecule has 0 radical (unpaired) electrons. The molecule has 2 rings (SSSR count). The number of aryl methyl sites for hydroxylation is 1. The van der Waals surface area contributed by atoms with E-state index in [1.54, 1.807) is 6.92 Å². The molecule has 7 heteroatoms. The van der Waals surface area contributed by atoms with Crippen LogP contribution in [-0.4, -0.2) is 39.6 Å². The number of nitro groups is 1. The zero-order valence-electron chi connectivity index (χ0n) is 13.3. The molecule has 1 unspecified atom stereocenters. The van der Waals surface area contributed by atoms with Gasteiger partial charge in [0.25, 0.3) is 0 Å². The van der Waals surface area contributed by atoms with Gasteiger partial charge in [0.1, 0.15) is 0 Å². The summed E-state index contributed by atoms with van der Waals surface area (Å²) in [6, 6.07) is 0.568. The molecule has 1 atom stereocenters. The van der Waals surface area contributed by atoms with Crippen molar-refractivity contribution in [3.8, 4) is 0 Å². The molecule has 1 aromatic rings. The van der Waals surface area contributed by atoms with Crippen molar-refractivity contribution in [2.24, 2.45) is 7.05 Å². The van der Waals surface area contributed by atoms with Crippen molar-refractivity contribution in [1.29, 1.82) is 0 Å². The van der Waals surface area contributed by atoms with Crippen molar-refractivity contribution in [3.05, 3.63) is 15.9 Å². The fraction of sp³-hybridized carbons (Fsp3) is 0.786. The molecule has 0 bridgehead atoms. The number of nitrogens with one attached hydrogen (secondary N) is 1. The topological polar surface area (TPSA) is 76.2 Å². The fourth-order valence-corrected chi connectivity index (χ4v) is 2.88. The first-order valence-corrected chi connectivity index (χ1v) is 7.59. The molecule has 118 valence electrons. The number of imidazole rings is 1. The summed E-state index contributed by atoms with van der Waals surface area (Å²) in [5.41, 5.74) is 0. The van der Waals surface area contributed by atoms with Crippen molar-refractivity contribution in [3.63, 3.8) is 0 Å². The van der Waals surface area contributed by atoms with Crippen LogP contribution in [0, 0.1) is 17.0 Å². The summed E-state index contributed by atoms with van der Waals surface area (Å²) in [6.07, 6.45) is 3.55. The molecular weight excluding hydrogens is 270 g/mol. The van der Waals surface area contributed by atoms with Gasteiger partial charge in [0, 0.05) is 32.6 Å². The van der Waals surface area contributed by atoms with Crippen LogP contribution in [0.4, 0.5) is 11.6 Å².